The summed E-state index contributed by atoms with van der Waals surface area (Å²) < 4.78 is 0. The zero-order valence-corrected chi connectivity index (χ0v) is 13.6. The molecule has 0 aliphatic heterocycles. The van der Waals surface area contributed by atoms with E-state index in [4.69, 9.17) is 0 Å². The lowest BCUT2D eigenvalue weighted by Crippen LogP contribution is -1.96. The summed E-state index contributed by atoms with van der Waals surface area (Å²) in [7, 11) is 0. The van der Waals surface area contributed by atoms with Crippen molar-refractivity contribution in [2.24, 2.45) is 0 Å². The molecule has 0 aliphatic rings. The summed E-state index contributed by atoms with van der Waals surface area (Å²) in [4.78, 5) is 3.34. The molecule has 0 N–H and O–H groups in total. The van der Waals surface area contributed by atoms with E-state index in [0.717, 1.165) is 12.8 Å². The van der Waals surface area contributed by atoms with Crippen molar-refractivity contribution in [2.45, 2.75) is 38.4 Å². The molecule has 0 saturated carbocycles. The molecule has 1 aromatic heterocycles. The third-order valence-corrected chi connectivity index (χ3v) is 5.71. The zero-order chi connectivity index (χ0) is 13.1. The molecule has 18 heavy (non-hydrogen) atoms. The maximum atomic E-state index is 3.83. The van der Waals surface area contributed by atoms with Gasteiger partial charge in [-0.15, -0.1) is 11.3 Å². The van der Waals surface area contributed by atoms with Crippen LogP contribution in [0, 0.1) is 13.8 Å². The van der Waals surface area contributed by atoms with Gasteiger partial charge in [-0.3, -0.25) is 0 Å². The summed E-state index contributed by atoms with van der Waals surface area (Å²) in [6.45, 7) is 6.57. The molecule has 96 valence electrons. The third-order valence-electron chi connectivity index (χ3n) is 3.24. The molecule has 0 saturated heterocycles. The van der Waals surface area contributed by atoms with E-state index in [2.05, 4.69) is 67.0 Å². The second-order valence-corrected chi connectivity index (χ2v) is 7.06. The van der Waals surface area contributed by atoms with Crippen molar-refractivity contribution in [3.8, 4) is 0 Å². The number of halogens is 1. The lowest BCUT2D eigenvalue weighted by atomic mass is 10.0. The number of alkyl halides is 1. The summed E-state index contributed by atoms with van der Waals surface area (Å²) in [6.07, 6.45) is 2.20. The molecule has 0 fully saturated rings. The zero-order valence-electron chi connectivity index (χ0n) is 11.2. The van der Waals surface area contributed by atoms with Crippen molar-refractivity contribution in [1.29, 1.82) is 0 Å². The normalized spacial score (nSPS) is 12.7. The van der Waals surface area contributed by atoms with Crippen molar-refractivity contribution in [3.63, 3.8) is 0 Å². The van der Waals surface area contributed by atoms with E-state index in [9.17, 15) is 0 Å². The van der Waals surface area contributed by atoms with Crippen molar-refractivity contribution in [2.75, 3.05) is 0 Å². The summed E-state index contributed by atoms with van der Waals surface area (Å²) in [6, 6.07) is 11.2. The number of thiophene rings is 1. The quantitative estimate of drug-likeness (QED) is 0.642. The number of benzene rings is 1. The highest BCUT2D eigenvalue weighted by molar-refractivity contribution is 9.09. The van der Waals surface area contributed by atoms with Crippen molar-refractivity contribution in [1.82, 2.24) is 0 Å². The van der Waals surface area contributed by atoms with Gasteiger partial charge in [0.15, 0.2) is 0 Å². The predicted octanol–water partition coefficient (Wildman–Crippen LogP) is 5.61. The van der Waals surface area contributed by atoms with Crippen molar-refractivity contribution in [3.05, 3.63) is 56.8 Å². The van der Waals surface area contributed by atoms with Gasteiger partial charge in [0.25, 0.3) is 0 Å². The van der Waals surface area contributed by atoms with Gasteiger partial charge in [-0.05, 0) is 49.9 Å². The predicted molar refractivity (Wildman–Crippen MR) is 85.0 cm³/mol. The molecular weight excluding hydrogens is 304 g/mol. The second-order valence-electron chi connectivity index (χ2n) is 4.76. The Bertz CT molecular complexity index is 528. The first-order chi connectivity index (χ1) is 8.60. The summed E-state index contributed by atoms with van der Waals surface area (Å²) >= 11 is 5.76. The van der Waals surface area contributed by atoms with E-state index >= 15 is 0 Å². The summed E-state index contributed by atoms with van der Waals surface area (Å²) in [5.74, 6) is 0. The molecule has 0 aliphatic carbocycles. The fourth-order valence-electron chi connectivity index (χ4n) is 2.07. The Labute approximate surface area is 122 Å². The van der Waals surface area contributed by atoms with Crippen LogP contribution in [0.5, 0.6) is 0 Å². The fraction of sp³-hybridized carbons (Fsp3) is 0.375. The Morgan fingerprint density at radius 3 is 2.61 bits per heavy atom. The van der Waals surface area contributed by atoms with Crippen LogP contribution in [0.4, 0.5) is 0 Å². The van der Waals surface area contributed by atoms with Crippen LogP contribution < -0.4 is 0 Å². The summed E-state index contributed by atoms with van der Waals surface area (Å²) in [5.41, 5.74) is 4.18. The highest BCUT2D eigenvalue weighted by atomic mass is 79.9. The van der Waals surface area contributed by atoms with Crippen LogP contribution in [0.25, 0.3) is 0 Å². The Morgan fingerprint density at radius 1 is 1.17 bits per heavy atom. The van der Waals surface area contributed by atoms with Crippen LogP contribution in [-0.2, 0) is 12.8 Å². The standard InChI is InChI=1S/C16H19BrS/c1-4-14-7-8-16(18-14)15(17)10-13-9-11(2)5-6-12(13)3/h5-9,15H,4,10H2,1-3H3. The summed E-state index contributed by atoms with van der Waals surface area (Å²) in [5, 5.41) is 0. The molecule has 0 amide bonds. The first kappa shape index (κ1) is 13.8. The average molecular weight is 323 g/mol. The van der Waals surface area contributed by atoms with Crippen LogP contribution >= 0.6 is 27.3 Å². The largest absolute Gasteiger partial charge is 0.144 e. The molecule has 2 heteroatoms. The number of hydrogen-bond donors (Lipinski definition) is 0. The minimum absolute atomic E-state index is 0.434. The molecule has 0 spiro atoms. The monoisotopic (exact) mass is 322 g/mol. The Kier molecular flexibility index (Phi) is 4.63. The molecule has 0 bridgehead atoms. The number of aryl methyl sites for hydroxylation is 3. The van der Waals surface area contributed by atoms with Gasteiger partial charge in [-0.1, -0.05) is 46.6 Å². The van der Waals surface area contributed by atoms with Crippen molar-refractivity contribution < 1.29 is 0 Å². The van der Waals surface area contributed by atoms with Crippen LogP contribution in [0.1, 0.15) is 38.2 Å². The van der Waals surface area contributed by atoms with E-state index in [-0.39, 0.29) is 0 Å². The highest BCUT2D eigenvalue weighted by Gasteiger charge is 2.12. The molecule has 2 aromatic rings. The first-order valence-electron chi connectivity index (χ1n) is 6.39. The van der Waals surface area contributed by atoms with Gasteiger partial charge in [-0.25, -0.2) is 0 Å². The van der Waals surface area contributed by atoms with Gasteiger partial charge in [0.2, 0.25) is 0 Å². The van der Waals surface area contributed by atoms with Gasteiger partial charge >= 0.3 is 0 Å². The van der Waals surface area contributed by atoms with E-state index in [1.807, 2.05) is 11.3 Å². The van der Waals surface area contributed by atoms with Crippen LogP contribution in [0.3, 0.4) is 0 Å². The third kappa shape index (κ3) is 3.24. The first-order valence-corrected chi connectivity index (χ1v) is 8.12. The highest BCUT2D eigenvalue weighted by Crippen LogP contribution is 2.33. The van der Waals surface area contributed by atoms with Gasteiger partial charge in [-0.2, -0.15) is 0 Å². The van der Waals surface area contributed by atoms with Crippen LogP contribution in [0.2, 0.25) is 0 Å². The molecule has 1 aromatic carbocycles. The Hall–Kier alpha value is -0.600. The smallest absolute Gasteiger partial charge is 0.0529 e. The van der Waals surface area contributed by atoms with Gasteiger partial charge in [0, 0.05) is 9.75 Å². The molecule has 0 radical (unpaired) electrons. The second kappa shape index (κ2) is 6.03. The Balaban J connectivity index is 2.15. The van der Waals surface area contributed by atoms with Crippen LogP contribution in [0.15, 0.2) is 30.3 Å². The van der Waals surface area contributed by atoms with Gasteiger partial charge in [0.1, 0.15) is 0 Å². The number of rotatable bonds is 4. The molecule has 1 heterocycles. The minimum Gasteiger partial charge on any atom is -0.144 e. The maximum Gasteiger partial charge on any atom is 0.0529 e. The minimum atomic E-state index is 0.434. The SMILES string of the molecule is CCc1ccc(C(Br)Cc2cc(C)ccc2C)s1. The van der Waals surface area contributed by atoms with E-state index in [1.54, 1.807) is 0 Å². The fourth-order valence-corrected chi connectivity index (χ4v) is 3.78. The van der Waals surface area contributed by atoms with Gasteiger partial charge in [0.05, 0.1) is 4.83 Å². The average Bonchev–Trinajstić information content (AvgIpc) is 2.82. The molecule has 2 rings (SSSR count). The Morgan fingerprint density at radius 2 is 1.94 bits per heavy atom. The van der Waals surface area contributed by atoms with Crippen LogP contribution in [-0.4, -0.2) is 0 Å². The topological polar surface area (TPSA) is 0 Å². The van der Waals surface area contributed by atoms with Gasteiger partial charge < -0.3 is 0 Å². The molecule has 1 atom stereocenters. The molecule has 0 nitrogen and oxygen atoms in total. The van der Waals surface area contributed by atoms with E-state index in [1.165, 1.54) is 26.4 Å². The van der Waals surface area contributed by atoms with E-state index < -0.39 is 0 Å². The van der Waals surface area contributed by atoms with E-state index in [0.29, 0.717) is 4.83 Å². The molecular formula is C16H19BrS. The lowest BCUT2D eigenvalue weighted by molar-refractivity contribution is 0.955. The maximum absolute atomic E-state index is 3.83. The van der Waals surface area contributed by atoms with Crippen molar-refractivity contribution >= 4 is 27.3 Å². The number of hydrogen-bond acceptors (Lipinski definition) is 1. The molecule has 1 unspecified atom stereocenters. The lowest BCUT2D eigenvalue weighted by Gasteiger charge is -2.11.